The van der Waals surface area contributed by atoms with Crippen molar-refractivity contribution < 1.29 is 23.7 Å². The first-order valence-corrected chi connectivity index (χ1v) is 7.57. The molecule has 1 aliphatic heterocycles. The monoisotopic (exact) mass is 354 g/mol. The maximum atomic E-state index is 12.9. The molecule has 0 atom stereocenters. The molecule has 0 aliphatic carbocycles. The standard InChI is InChI=1S/C18H14N2O6/c1-11-16(18(22)25-2)15(10-14-4-3-9-26-14)17(21)19(11)12-5-7-13(8-6-12)20(23)24/h3-10H,1-2H3. The largest absolute Gasteiger partial charge is 0.465 e. The average molecular weight is 354 g/mol. The van der Waals surface area contributed by atoms with Gasteiger partial charge >= 0.3 is 5.97 Å². The second-order valence-electron chi connectivity index (χ2n) is 5.44. The Morgan fingerprint density at radius 1 is 1.27 bits per heavy atom. The van der Waals surface area contributed by atoms with Crippen molar-refractivity contribution in [1.82, 2.24) is 0 Å². The number of carbonyl (C=O) groups excluding carboxylic acids is 2. The van der Waals surface area contributed by atoms with Crippen molar-refractivity contribution in [2.75, 3.05) is 12.0 Å². The molecule has 0 unspecified atom stereocenters. The van der Waals surface area contributed by atoms with E-state index in [0.29, 0.717) is 17.1 Å². The van der Waals surface area contributed by atoms with Gasteiger partial charge in [-0.3, -0.25) is 19.8 Å². The first kappa shape index (κ1) is 17.2. The molecule has 132 valence electrons. The average Bonchev–Trinajstić information content (AvgIpc) is 3.22. The molecular weight excluding hydrogens is 340 g/mol. The maximum absolute atomic E-state index is 12.9. The Hall–Kier alpha value is -3.68. The van der Waals surface area contributed by atoms with Gasteiger partial charge in [0.2, 0.25) is 0 Å². The Morgan fingerprint density at radius 2 is 1.96 bits per heavy atom. The first-order valence-electron chi connectivity index (χ1n) is 7.57. The minimum atomic E-state index is -0.655. The van der Waals surface area contributed by atoms with Crippen LogP contribution in [0.15, 0.2) is 63.9 Å². The molecular formula is C18H14N2O6. The summed E-state index contributed by atoms with van der Waals surface area (Å²) in [6.45, 7) is 1.61. The Balaban J connectivity index is 2.09. The molecule has 2 heterocycles. The summed E-state index contributed by atoms with van der Waals surface area (Å²) in [4.78, 5) is 36.7. The predicted molar refractivity (Wildman–Crippen MR) is 92.0 cm³/mol. The zero-order valence-corrected chi connectivity index (χ0v) is 14.0. The molecule has 8 heteroatoms. The number of nitro groups is 1. The first-order chi connectivity index (χ1) is 12.4. The van der Waals surface area contributed by atoms with Crippen molar-refractivity contribution in [2.24, 2.45) is 0 Å². The number of carbonyl (C=O) groups is 2. The molecule has 0 bridgehead atoms. The lowest BCUT2D eigenvalue weighted by Gasteiger charge is -2.17. The van der Waals surface area contributed by atoms with E-state index in [2.05, 4.69) is 0 Å². The van der Waals surface area contributed by atoms with Gasteiger partial charge in [-0.25, -0.2) is 4.79 Å². The lowest BCUT2D eigenvalue weighted by atomic mass is 10.1. The van der Waals surface area contributed by atoms with E-state index in [0.717, 1.165) is 0 Å². The molecule has 1 aromatic heterocycles. The fourth-order valence-electron chi connectivity index (χ4n) is 2.73. The number of rotatable bonds is 4. The van der Waals surface area contributed by atoms with Crippen LogP contribution in [0.5, 0.6) is 0 Å². The lowest BCUT2D eigenvalue weighted by Crippen LogP contribution is -2.24. The number of ether oxygens (including phenoxy) is 1. The molecule has 1 amide bonds. The van der Waals surface area contributed by atoms with E-state index in [9.17, 15) is 19.7 Å². The van der Waals surface area contributed by atoms with Gasteiger partial charge in [0.1, 0.15) is 5.76 Å². The van der Waals surface area contributed by atoms with Crippen LogP contribution in [0.25, 0.3) is 6.08 Å². The van der Waals surface area contributed by atoms with E-state index in [4.69, 9.17) is 9.15 Å². The summed E-state index contributed by atoms with van der Waals surface area (Å²) < 4.78 is 10.0. The van der Waals surface area contributed by atoms with Crippen LogP contribution in [0, 0.1) is 10.1 Å². The van der Waals surface area contributed by atoms with Gasteiger partial charge in [-0.2, -0.15) is 0 Å². The van der Waals surface area contributed by atoms with E-state index in [1.807, 2.05) is 0 Å². The van der Waals surface area contributed by atoms with Crippen LogP contribution in [0.3, 0.4) is 0 Å². The van der Waals surface area contributed by atoms with Gasteiger partial charge in [0, 0.05) is 23.5 Å². The summed E-state index contributed by atoms with van der Waals surface area (Å²) >= 11 is 0. The highest BCUT2D eigenvalue weighted by atomic mass is 16.6. The lowest BCUT2D eigenvalue weighted by molar-refractivity contribution is -0.384. The Kier molecular flexibility index (Phi) is 4.40. The number of anilines is 1. The van der Waals surface area contributed by atoms with Crippen LogP contribution in [-0.2, 0) is 14.3 Å². The summed E-state index contributed by atoms with van der Waals surface area (Å²) in [5.41, 5.74) is 0.923. The fourth-order valence-corrected chi connectivity index (χ4v) is 2.73. The summed E-state index contributed by atoms with van der Waals surface area (Å²) in [5.74, 6) is -0.695. The van der Waals surface area contributed by atoms with Crippen LogP contribution < -0.4 is 4.90 Å². The fraction of sp³-hybridized carbons (Fsp3) is 0.111. The van der Waals surface area contributed by atoms with Gasteiger partial charge in [-0.05, 0) is 37.3 Å². The van der Waals surface area contributed by atoms with Gasteiger partial charge < -0.3 is 9.15 Å². The van der Waals surface area contributed by atoms with Gasteiger partial charge in [0.05, 0.1) is 29.4 Å². The molecule has 0 saturated heterocycles. The van der Waals surface area contributed by atoms with Gasteiger partial charge in [0.15, 0.2) is 0 Å². The Bertz CT molecular complexity index is 939. The molecule has 8 nitrogen and oxygen atoms in total. The number of esters is 1. The van der Waals surface area contributed by atoms with Crippen molar-refractivity contribution in [3.05, 3.63) is 75.4 Å². The maximum Gasteiger partial charge on any atom is 0.340 e. The summed E-state index contributed by atoms with van der Waals surface area (Å²) in [6, 6.07) is 8.80. The number of methoxy groups -OCH3 is 1. The third kappa shape index (κ3) is 2.88. The number of furan rings is 1. The zero-order chi connectivity index (χ0) is 18.8. The number of nitro benzene ring substituents is 1. The number of amides is 1. The highest BCUT2D eigenvalue weighted by Gasteiger charge is 2.38. The van der Waals surface area contributed by atoms with Crippen molar-refractivity contribution in [1.29, 1.82) is 0 Å². The molecule has 1 aliphatic rings. The molecule has 0 fully saturated rings. The number of allylic oxidation sites excluding steroid dienone is 1. The highest BCUT2D eigenvalue weighted by molar-refractivity contribution is 6.23. The number of nitrogens with zero attached hydrogens (tertiary/aromatic N) is 2. The minimum absolute atomic E-state index is 0.0958. The van der Waals surface area contributed by atoms with Gasteiger partial charge in [-0.15, -0.1) is 0 Å². The molecule has 0 spiro atoms. The third-order valence-electron chi connectivity index (χ3n) is 3.94. The zero-order valence-electron chi connectivity index (χ0n) is 14.0. The highest BCUT2D eigenvalue weighted by Crippen LogP contribution is 2.35. The molecule has 0 saturated carbocycles. The van der Waals surface area contributed by atoms with Crippen LogP contribution in [0.4, 0.5) is 11.4 Å². The molecule has 0 N–H and O–H groups in total. The Labute approximate surface area is 148 Å². The van der Waals surface area contributed by atoms with E-state index < -0.39 is 16.8 Å². The smallest absolute Gasteiger partial charge is 0.340 e. The van der Waals surface area contributed by atoms with Gasteiger partial charge in [0.25, 0.3) is 11.6 Å². The minimum Gasteiger partial charge on any atom is -0.465 e. The van der Waals surface area contributed by atoms with E-state index >= 15 is 0 Å². The number of non-ortho nitro benzene ring substituents is 1. The molecule has 3 rings (SSSR count). The SMILES string of the molecule is COC(=O)C1=C(C)N(c2ccc([N+](=O)[O-])cc2)C(=O)C1=Cc1ccco1. The topological polar surface area (TPSA) is 103 Å². The van der Waals surface area contributed by atoms with Crippen molar-refractivity contribution in [3.63, 3.8) is 0 Å². The van der Waals surface area contributed by atoms with Crippen LogP contribution in [-0.4, -0.2) is 23.9 Å². The molecule has 1 aromatic carbocycles. The number of benzene rings is 1. The third-order valence-corrected chi connectivity index (χ3v) is 3.94. The van der Waals surface area contributed by atoms with Gasteiger partial charge in [-0.1, -0.05) is 0 Å². The molecule has 0 radical (unpaired) electrons. The number of hydrogen-bond donors (Lipinski definition) is 0. The molecule has 2 aromatic rings. The van der Waals surface area contributed by atoms with Crippen LogP contribution in [0.1, 0.15) is 12.7 Å². The Morgan fingerprint density at radius 3 is 2.50 bits per heavy atom. The van der Waals surface area contributed by atoms with E-state index in [1.165, 1.54) is 48.6 Å². The summed E-state index contributed by atoms with van der Waals surface area (Å²) in [6.07, 6.45) is 2.91. The van der Waals surface area contributed by atoms with Crippen molar-refractivity contribution in [3.8, 4) is 0 Å². The summed E-state index contributed by atoms with van der Waals surface area (Å²) in [7, 11) is 1.23. The van der Waals surface area contributed by atoms with E-state index in [-0.39, 0.29) is 16.8 Å². The van der Waals surface area contributed by atoms with Crippen molar-refractivity contribution >= 4 is 29.3 Å². The van der Waals surface area contributed by atoms with E-state index in [1.54, 1.807) is 19.1 Å². The normalized spacial score (nSPS) is 15.7. The predicted octanol–water partition coefficient (Wildman–Crippen LogP) is 3.07. The second-order valence-corrected chi connectivity index (χ2v) is 5.44. The van der Waals surface area contributed by atoms with Crippen molar-refractivity contribution in [2.45, 2.75) is 6.92 Å². The quantitative estimate of drug-likeness (QED) is 0.362. The summed E-state index contributed by atoms with van der Waals surface area (Å²) in [5, 5.41) is 10.8. The molecule has 26 heavy (non-hydrogen) atoms. The van der Waals surface area contributed by atoms with Crippen LogP contribution >= 0.6 is 0 Å². The second kappa shape index (κ2) is 6.67. The van der Waals surface area contributed by atoms with Crippen LogP contribution in [0.2, 0.25) is 0 Å². The number of hydrogen-bond acceptors (Lipinski definition) is 6.